The third-order valence-electron chi connectivity index (χ3n) is 16.3. The summed E-state index contributed by atoms with van der Waals surface area (Å²) >= 11 is 1.95. The van der Waals surface area contributed by atoms with Crippen LogP contribution in [0.4, 0.5) is 0 Å². The summed E-state index contributed by atoms with van der Waals surface area (Å²) < 4.78 is 12.3. The Hall–Kier alpha value is -9.94. The van der Waals surface area contributed by atoms with Crippen LogP contribution in [0.3, 0.4) is 0 Å². The molecule has 12 aromatic carbocycles. The smallest absolute Gasteiger partial charge is 0.0555 e. The molecule has 0 N–H and O–H groups in total. The van der Waals surface area contributed by atoms with Gasteiger partial charge in [-0.25, -0.2) is 0 Å². The molecule has 5 heteroatoms. The maximum Gasteiger partial charge on any atom is 0.0555 e. The number of hydrogen-bond acceptors (Lipinski definition) is 1. The molecule has 0 spiro atoms. The highest BCUT2D eigenvalue weighted by atomic mass is 32.1. The van der Waals surface area contributed by atoms with Gasteiger partial charge in [0, 0.05) is 86.0 Å². The van der Waals surface area contributed by atoms with Crippen LogP contribution >= 0.6 is 11.3 Å². The lowest BCUT2D eigenvalue weighted by Gasteiger charge is -2.09. The monoisotopic (exact) mass is 996 g/mol. The second-order valence-corrected chi connectivity index (χ2v) is 21.4. The van der Waals surface area contributed by atoms with Crippen molar-refractivity contribution in [2.75, 3.05) is 0 Å². The van der Waals surface area contributed by atoms with Crippen molar-refractivity contribution in [1.82, 2.24) is 18.3 Å². The predicted molar refractivity (Wildman–Crippen MR) is 328 cm³/mol. The predicted octanol–water partition coefficient (Wildman–Crippen LogP) is 19.8. The van der Waals surface area contributed by atoms with E-state index >= 15 is 0 Å². The summed E-state index contributed by atoms with van der Waals surface area (Å²) in [6.07, 6.45) is 0. The highest BCUT2D eigenvalue weighted by Crippen LogP contribution is 2.49. The Morgan fingerprint density at radius 3 is 0.831 bits per heavy atom. The number of benzene rings is 12. The normalized spacial score (nSPS) is 12.2. The fourth-order valence-corrected chi connectivity index (χ4v) is 14.4. The molecular formula is C72H44N4S. The summed E-state index contributed by atoms with van der Waals surface area (Å²) in [5, 5.41) is 12.6. The average molecular weight is 997 g/mol. The van der Waals surface area contributed by atoms with Crippen molar-refractivity contribution in [2.45, 2.75) is 0 Å². The van der Waals surface area contributed by atoms with Crippen LogP contribution in [0.5, 0.6) is 0 Å². The highest BCUT2D eigenvalue weighted by molar-refractivity contribution is 7.27. The fraction of sp³-hybridized carbons (Fsp3) is 0. The molecule has 77 heavy (non-hydrogen) atoms. The van der Waals surface area contributed by atoms with Crippen LogP contribution < -0.4 is 0 Å². The van der Waals surface area contributed by atoms with E-state index in [4.69, 9.17) is 0 Å². The van der Waals surface area contributed by atoms with Gasteiger partial charge in [0.25, 0.3) is 0 Å². The molecular weight excluding hydrogens is 953 g/mol. The van der Waals surface area contributed by atoms with Gasteiger partial charge in [-0.15, -0.1) is 11.3 Å². The SMILES string of the molecule is c1ccc(-n2c3ccccc3c3cc(-c4ccc5c(c4)c4c6sc7c(ccc8c7c7cc(-c9ccc%10c(c9)c9ccccc9n%10-c9ccccc9)ccc7n8-c7ccccc7)c6ccc4n5-c4ccccc4)ccc32)cc1. The fourth-order valence-electron chi connectivity index (χ4n) is 13.0. The van der Waals surface area contributed by atoms with Crippen molar-refractivity contribution in [3.8, 4) is 45.0 Å². The molecule has 0 radical (unpaired) electrons. The van der Waals surface area contributed by atoms with Gasteiger partial charge in [0.2, 0.25) is 0 Å². The molecule has 0 aliphatic heterocycles. The first kappa shape index (κ1) is 42.4. The van der Waals surface area contributed by atoms with Crippen molar-refractivity contribution in [3.63, 3.8) is 0 Å². The molecule has 0 aliphatic carbocycles. The second kappa shape index (κ2) is 16.3. The first-order valence-electron chi connectivity index (χ1n) is 26.4. The Balaban J connectivity index is 0.907. The number of para-hydroxylation sites is 6. The zero-order valence-corrected chi connectivity index (χ0v) is 42.4. The topological polar surface area (TPSA) is 19.7 Å². The summed E-state index contributed by atoms with van der Waals surface area (Å²) in [6, 6.07) is 98.5. The van der Waals surface area contributed by atoms with Gasteiger partial charge in [0.15, 0.2) is 0 Å². The van der Waals surface area contributed by atoms with Gasteiger partial charge < -0.3 is 18.3 Å². The molecule has 4 nitrogen and oxygen atoms in total. The van der Waals surface area contributed by atoms with E-state index in [0.717, 1.165) is 22.7 Å². The van der Waals surface area contributed by atoms with Crippen molar-refractivity contribution >= 4 is 119 Å². The first-order chi connectivity index (χ1) is 38.2. The summed E-state index contributed by atoms with van der Waals surface area (Å²) in [7, 11) is 0. The highest BCUT2D eigenvalue weighted by Gasteiger charge is 2.23. The molecule has 0 aliphatic rings. The standard InChI is InChI=1S/C72H44N4S/c1-5-17-49(18-6-1)73-61-27-15-13-25-53(61)57-41-45(29-35-63(57)73)47-31-37-65-59(43-47)69-67(75(65)51-21-9-3-10-22-51)39-33-55-56-34-40-68-70(72(56)77-71(55)69)60-44-48(32-38-66(60)76(68)52-23-11-4-12-24-52)46-30-36-64-58(42-46)54-26-14-16-28-62(54)74(64)50-19-7-2-8-20-50/h1-44H. The number of nitrogens with zero attached hydrogens (tertiary/aromatic N) is 4. The molecule has 0 atom stereocenters. The molecule has 5 aromatic heterocycles. The third-order valence-corrected chi connectivity index (χ3v) is 17.6. The largest absolute Gasteiger partial charge is 0.309 e. The number of fused-ring (bicyclic) bond motifs is 17. The van der Waals surface area contributed by atoms with Gasteiger partial charge in [-0.3, -0.25) is 0 Å². The van der Waals surface area contributed by atoms with E-state index in [1.807, 2.05) is 11.3 Å². The molecule has 0 bridgehead atoms. The van der Waals surface area contributed by atoms with Gasteiger partial charge in [0.05, 0.1) is 44.1 Å². The minimum absolute atomic E-state index is 1.15. The van der Waals surface area contributed by atoms with Crippen molar-refractivity contribution in [1.29, 1.82) is 0 Å². The van der Waals surface area contributed by atoms with Gasteiger partial charge >= 0.3 is 0 Å². The van der Waals surface area contributed by atoms with Gasteiger partial charge in [-0.2, -0.15) is 0 Å². The lowest BCUT2D eigenvalue weighted by Crippen LogP contribution is -1.93. The maximum absolute atomic E-state index is 2.46. The Morgan fingerprint density at radius 1 is 0.195 bits per heavy atom. The lowest BCUT2D eigenvalue weighted by atomic mass is 9.99. The van der Waals surface area contributed by atoms with Crippen molar-refractivity contribution in [2.24, 2.45) is 0 Å². The number of thiophene rings is 1. The average Bonchev–Trinajstić information content (AvgIpc) is 4.49. The quantitative estimate of drug-likeness (QED) is 0.158. The second-order valence-electron chi connectivity index (χ2n) is 20.4. The molecule has 17 aromatic rings. The zero-order valence-electron chi connectivity index (χ0n) is 41.6. The van der Waals surface area contributed by atoms with E-state index in [9.17, 15) is 0 Å². The maximum atomic E-state index is 2.46. The number of aromatic nitrogens is 4. The minimum atomic E-state index is 1.15. The Morgan fingerprint density at radius 2 is 0.468 bits per heavy atom. The van der Waals surface area contributed by atoms with Crippen LogP contribution in [0.25, 0.3) is 152 Å². The molecule has 0 unspecified atom stereocenters. The van der Waals surface area contributed by atoms with E-state index in [1.165, 1.54) is 130 Å². The van der Waals surface area contributed by atoms with E-state index in [0.29, 0.717) is 0 Å². The Kier molecular flexibility index (Phi) is 8.97. The van der Waals surface area contributed by atoms with E-state index in [2.05, 4.69) is 285 Å². The molecule has 0 saturated carbocycles. The summed E-state index contributed by atoms with van der Waals surface area (Å²) in [5.41, 5.74) is 19.1. The minimum Gasteiger partial charge on any atom is -0.309 e. The van der Waals surface area contributed by atoms with Gasteiger partial charge in [-0.05, 0) is 144 Å². The lowest BCUT2D eigenvalue weighted by molar-refractivity contribution is 1.18. The van der Waals surface area contributed by atoms with Gasteiger partial charge in [0.1, 0.15) is 0 Å². The van der Waals surface area contributed by atoms with Crippen molar-refractivity contribution < 1.29 is 0 Å². The van der Waals surface area contributed by atoms with Crippen LogP contribution in [-0.2, 0) is 0 Å². The van der Waals surface area contributed by atoms with E-state index in [1.54, 1.807) is 0 Å². The van der Waals surface area contributed by atoms with Crippen LogP contribution in [0.1, 0.15) is 0 Å². The van der Waals surface area contributed by atoms with Gasteiger partial charge in [-0.1, -0.05) is 146 Å². The Bertz CT molecular complexity index is 4920. The first-order valence-corrected chi connectivity index (χ1v) is 27.2. The van der Waals surface area contributed by atoms with Crippen LogP contribution in [0.2, 0.25) is 0 Å². The summed E-state index contributed by atoms with van der Waals surface area (Å²) in [6.45, 7) is 0. The van der Waals surface area contributed by atoms with Crippen molar-refractivity contribution in [3.05, 3.63) is 267 Å². The third kappa shape index (κ3) is 6.14. The molecule has 5 heterocycles. The van der Waals surface area contributed by atoms with Crippen LogP contribution in [0, 0.1) is 0 Å². The number of hydrogen-bond donors (Lipinski definition) is 0. The molecule has 358 valence electrons. The number of rotatable bonds is 6. The van der Waals surface area contributed by atoms with E-state index < -0.39 is 0 Å². The summed E-state index contributed by atoms with van der Waals surface area (Å²) in [4.78, 5) is 0. The summed E-state index contributed by atoms with van der Waals surface area (Å²) in [5.74, 6) is 0. The molecule has 17 rings (SSSR count). The Labute approximate surface area is 446 Å². The molecule has 0 saturated heterocycles. The molecule has 0 fully saturated rings. The zero-order chi connectivity index (χ0) is 50.3. The van der Waals surface area contributed by atoms with Crippen LogP contribution in [0.15, 0.2) is 267 Å². The van der Waals surface area contributed by atoms with E-state index in [-0.39, 0.29) is 0 Å². The van der Waals surface area contributed by atoms with Crippen LogP contribution in [-0.4, -0.2) is 18.3 Å². The molecule has 0 amide bonds.